The fraction of sp³-hybridized carbons (Fsp3) is 0.476. The van der Waals surface area contributed by atoms with E-state index in [0.717, 1.165) is 5.56 Å². The van der Waals surface area contributed by atoms with E-state index in [0.29, 0.717) is 36.7 Å². The van der Waals surface area contributed by atoms with Crippen molar-refractivity contribution < 1.29 is 37.7 Å². The van der Waals surface area contributed by atoms with E-state index in [1.807, 2.05) is 0 Å². The number of carbonyl (C=O) groups is 4. The maximum absolute atomic E-state index is 13.1. The van der Waals surface area contributed by atoms with Crippen LogP contribution in [0.25, 0.3) is 0 Å². The maximum Gasteiger partial charge on any atom is 0.410 e. The summed E-state index contributed by atoms with van der Waals surface area (Å²) in [6, 6.07) is 1.52. The van der Waals surface area contributed by atoms with Gasteiger partial charge in [-0.3, -0.25) is 14.5 Å². The quantitative estimate of drug-likeness (QED) is 0.417. The second kappa shape index (κ2) is 11.1. The molecule has 0 saturated carbocycles. The Hall–Kier alpha value is -3.45. The predicted molar refractivity (Wildman–Crippen MR) is 122 cm³/mol. The van der Waals surface area contributed by atoms with Crippen molar-refractivity contribution in [2.75, 3.05) is 63.6 Å². The van der Waals surface area contributed by atoms with Crippen molar-refractivity contribution in [3.8, 4) is 0 Å². The molecule has 1 aliphatic rings. The van der Waals surface area contributed by atoms with Crippen LogP contribution in [0.3, 0.4) is 0 Å². The van der Waals surface area contributed by atoms with Gasteiger partial charge in [0.05, 0.1) is 45.6 Å². The number of aryl methyl sites for hydroxylation is 1. The van der Waals surface area contributed by atoms with Crippen molar-refractivity contribution in [2.45, 2.75) is 13.8 Å². The van der Waals surface area contributed by atoms with E-state index in [4.69, 9.17) is 14.0 Å². The van der Waals surface area contributed by atoms with Crippen LogP contribution < -0.4 is 10.6 Å². The van der Waals surface area contributed by atoms with Gasteiger partial charge in [-0.05, 0) is 24.8 Å². The SMILES string of the molecule is CCOC(=O)N1CC[N+](CC(=O)Nc2ccon2)(CC(=O)Nc2c(C)csc2C(=O)OC)CC1. The Morgan fingerprint density at radius 2 is 1.85 bits per heavy atom. The van der Waals surface area contributed by atoms with Crippen LogP contribution in [-0.2, 0) is 19.1 Å². The van der Waals surface area contributed by atoms with Crippen molar-refractivity contribution in [1.29, 1.82) is 0 Å². The number of amides is 3. The highest BCUT2D eigenvalue weighted by Gasteiger charge is 2.39. The molecule has 3 rings (SSSR count). The molecule has 0 atom stereocenters. The molecule has 0 spiro atoms. The Morgan fingerprint density at radius 3 is 2.44 bits per heavy atom. The summed E-state index contributed by atoms with van der Waals surface area (Å²) in [6.45, 7) is 5.13. The molecular formula is C21H28N5O7S+. The monoisotopic (exact) mass is 494 g/mol. The normalized spacial score (nSPS) is 14.9. The number of quaternary nitrogens is 1. The molecular weight excluding hydrogens is 466 g/mol. The molecule has 0 radical (unpaired) electrons. The standard InChI is InChI=1S/C21H27N5O7S/c1-4-32-21(30)25-6-8-26(9-7-25,11-16(27)22-15-5-10-33-24-15)12-17(28)23-18-14(2)13-34-19(18)20(29)31-3/h5,10,13H,4,6-9,11-12H2,1-3H3,(H-,22,23,24,27,28,29)/p+1. The van der Waals surface area contributed by atoms with Crippen LogP contribution in [0.2, 0.25) is 0 Å². The average Bonchev–Trinajstić information content (AvgIpc) is 3.43. The summed E-state index contributed by atoms with van der Waals surface area (Å²) < 4.78 is 14.7. The summed E-state index contributed by atoms with van der Waals surface area (Å²) in [5, 5.41) is 10.9. The Labute approximate surface area is 200 Å². The summed E-state index contributed by atoms with van der Waals surface area (Å²) >= 11 is 1.18. The molecule has 0 bridgehead atoms. The van der Waals surface area contributed by atoms with Gasteiger partial charge in [0, 0.05) is 6.07 Å². The number of hydrogen-bond acceptors (Lipinski definition) is 9. The molecule has 3 amide bonds. The van der Waals surface area contributed by atoms with E-state index in [2.05, 4.69) is 15.8 Å². The van der Waals surface area contributed by atoms with Gasteiger partial charge in [0.15, 0.2) is 18.9 Å². The van der Waals surface area contributed by atoms with Crippen LogP contribution in [0.1, 0.15) is 22.2 Å². The Bertz CT molecular complexity index is 1030. The lowest BCUT2D eigenvalue weighted by Gasteiger charge is -2.43. The molecule has 2 N–H and O–H groups in total. The highest BCUT2D eigenvalue weighted by atomic mass is 32.1. The molecule has 3 heterocycles. The lowest BCUT2D eigenvalue weighted by Crippen LogP contribution is -2.64. The van der Waals surface area contributed by atoms with Crippen LogP contribution >= 0.6 is 11.3 Å². The Kier molecular flexibility index (Phi) is 8.23. The van der Waals surface area contributed by atoms with E-state index < -0.39 is 12.1 Å². The van der Waals surface area contributed by atoms with Gasteiger partial charge in [-0.2, -0.15) is 0 Å². The molecule has 34 heavy (non-hydrogen) atoms. The molecule has 1 aliphatic heterocycles. The molecule has 1 saturated heterocycles. The van der Waals surface area contributed by atoms with Crippen molar-refractivity contribution >= 4 is 46.7 Å². The first-order chi connectivity index (χ1) is 16.3. The molecule has 2 aromatic heterocycles. The van der Waals surface area contributed by atoms with Crippen LogP contribution in [0, 0.1) is 6.92 Å². The number of methoxy groups -OCH3 is 1. The first-order valence-corrected chi connectivity index (χ1v) is 11.6. The maximum atomic E-state index is 13.1. The van der Waals surface area contributed by atoms with Crippen molar-refractivity contribution in [2.24, 2.45) is 0 Å². The topological polar surface area (TPSA) is 140 Å². The number of thiophene rings is 1. The third-order valence-corrected chi connectivity index (χ3v) is 6.57. The number of esters is 1. The molecule has 0 aliphatic carbocycles. The zero-order valence-corrected chi connectivity index (χ0v) is 20.1. The summed E-state index contributed by atoms with van der Waals surface area (Å²) in [7, 11) is 1.28. The van der Waals surface area contributed by atoms with E-state index >= 15 is 0 Å². The summed E-state index contributed by atoms with van der Waals surface area (Å²) in [4.78, 5) is 51.8. The molecule has 12 nitrogen and oxygen atoms in total. The minimum atomic E-state index is -0.535. The van der Waals surface area contributed by atoms with Gasteiger partial charge < -0.3 is 29.1 Å². The number of hydrogen-bond donors (Lipinski definition) is 2. The van der Waals surface area contributed by atoms with Gasteiger partial charge >= 0.3 is 12.1 Å². The molecule has 1 fully saturated rings. The van der Waals surface area contributed by atoms with E-state index in [-0.39, 0.29) is 41.8 Å². The van der Waals surface area contributed by atoms with Gasteiger partial charge in [0.1, 0.15) is 11.1 Å². The zero-order valence-electron chi connectivity index (χ0n) is 19.3. The third-order valence-electron chi connectivity index (χ3n) is 5.49. The van der Waals surface area contributed by atoms with Crippen molar-refractivity contribution in [1.82, 2.24) is 10.1 Å². The highest BCUT2D eigenvalue weighted by Crippen LogP contribution is 2.28. The van der Waals surface area contributed by atoms with Gasteiger partial charge in [0.25, 0.3) is 11.8 Å². The second-order valence-electron chi connectivity index (χ2n) is 7.89. The van der Waals surface area contributed by atoms with Crippen LogP contribution in [0.4, 0.5) is 16.3 Å². The van der Waals surface area contributed by atoms with E-state index in [1.54, 1.807) is 24.1 Å². The fourth-order valence-electron chi connectivity index (χ4n) is 3.75. The number of nitrogens with zero attached hydrogens (tertiary/aromatic N) is 3. The molecule has 0 unspecified atom stereocenters. The van der Waals surface area contributed by atoms with Crippen molar-refractivity contribution in [3.63, 3.8) is 0 Å². The number of nitrogens with one attached hydrogen (secondary N) is 2. The lowest BCUT2D eigenvalue weighted by atomic mass is 10.2. The number of carbonyl (C=O) groups excluding carboxylic acids is 4. The first-order valence-electron chi connectivity index (χ1n) is 10.7. The smallest absolute Gasteiger partial charge is 0.410 e. The second-order valence-corrected chi connectivity index (χ2v) is 8.77. The minimum absolute atomic E-state index is 0.0105. The first kappa shape index (κ1) is 25.2. The fourth-order valence-corrected chi connectivity index (χ4v) is 4.67. The largest absolute Gasteiger partial charge is 0.465 e. The van der Waals surface area contributed by atoms with Gasteiger partial charge in [0.2, 0.25) is 0 Å². The summed E-state index contributed by atoms with van der Waals surface area (Å²) in [5.41, 5.74) is 1.14. The Morgan fingerprint density at radius 1 is 1.18 bits per heavy atom. The number of anilines is 2. The third kappa shape index (κ3) is 6.11. The zero-order chi connectivity index (χ0) is 24.7. The number of aromatic nitrogens is 1. The number of rotatable bonds is 8. The molecule has 0 aromatic carbocycles. The molecule has 2 aromatic rings. The van der Waals surface area contributed by atoms with Gasteiger partial charge in [-0.1, -0.05) is 5.16 Å². The predicted octanol–water partition coefficient (Wildman–Crippen LogP) is 1.70. The van der Waals surface area contributed by atoms with E-state index in [1.165, 1.54) is 30.8 Å². The van der Waals surface area contributed by atoms with E-state index in [9.17, 15) is 19.2 Å². The number of ether oxygens (including phenoxy) is 2. The van der Waals surface area contributed by atoms with Crippen molar-refractivity contribution in [3.05, 3.63) is 28.2 Å². The summed E-state index contributed by atoms with van der Waals surface area (Å²) in [5.74, 6) is -0.958. The average molecular weight is 495 g/mol. The minimum Gasteiger partial charge on any atom is -0.465 e. The lowest BCUT2D eigenvalue weighted by molar-refractivity contribution is -0.916. The number of piperazine rings is 1. The highest BCUT2D eigenvalue weighted by molar-refractivity contribution is 7.12. The van der Waals surface area contributed by atoms with Crippen LogP contribution in [0.15, 0.2) is 22.2 Å². The summed E-state index contributed by atoms with van der Waals surface area (Å²) in [6.07, 6.45) is 0.918. The van der Waals surface area contributed by atoms with Gasteiger partial charge in [-0.25, -0.2) is 9.59 Å². The van der Waals surface area contributed by atoms with Crippen LogP contribution in [-0.4, -0.2) is 91.4 Å². The molecule has 13 heteroatoms. The Balaban J connectivity index is 1.74. The van der Waals surface area contributed by atoms with Gasteiger partial charge in [-0.15, -0.1) is 11.3 Å². The molecule has 184 valence electrons. The van der Waals surface area contributed by atoms with Crippen LogP contribution in [0.5, 0.6) is 0 Å².